The number of hydrogen-bond donors (Lipinski definition) is 2. The number of carbonyl (C=O) groups excluding carboxylic acids is 2. The van der Waals surface area contributed by atoms with Crippen molar-refractivity contribution >= 4 is 55.4 Å². The summed E-state index contributed by atoms with van der Waals surface area (Å²) in [6, 6.07) is 19.3. The summed E-state index contributed by atoms with van der Waals surface area (Å²) in [5.74, 6) is -1.23. The van der Waals surface area contributed by atoms with Crippen molar-refractivity contribution in [1.29, 1.82) is 0 Å². The molecule has 0 spiro atoms. The average molecular weight is 621 g/mol. The Balaban J connectivity index is 1.29. The van der Waals surface area contributed by atoms with Crippen LogP contribution in [0.3, 0.4) is 0 Å². The molecule has 228 valence electrons. The minimum absolute atomic E-state index is 0.0660. The van der Waals surface area contributed by atoms with Gasteiger partial charge in [-0.05, 0) is 55.0 Å². The Labute approximate surface area is 251 Å². The summed E-state index contributed by atoms with van der Waals surface area (Å²) in [6.45, 7) is 1.71. The van der Waals surface area contributed by atoms with Crippen LogP contribution in [-0.2, 0) is 12.4 Å². The number of halogens is 6. The summed E-state index contributed by atoms with van der Waals surface area (Å²) in [5, 5.41) is 7.46. The number of rotatable bonds is 5. The summed E-state index contributed by atoms with van der Waals surface area (Å²) >= 11 is 0. The molecule has 0 radical (unpaired) electrons. The first kappa shape index (κ1) is 29.8. The first-order valence-corrected chi connectivity index (χ1v) is 13.7. The van der Waals surface area contributed by atoms with Crippen LogP contribution in [0.15, 0.2) is 84.9 Å². The van der Waals surface area contributed by atoms with Crippen LogP contribution in [0.4, 0.5) is 26.3 Å². The van der Waals surface area contributed by atoms with Gasteiger partial charge in [0.1, 0.15) is 6.17 Å². The Bertz CT molecular complexity index is 1990. The van der Waals surface area contributed by atoms with E-state index < -0.39 is 41.5 Å². The maximum Gasteiger partial charge on any atom is 0.416 e. The number of hydrogen-bond acceptors (Lipinski definition) is 4. The van der Waals surface area contributed by atoms with Crippen LogP contribution < -0.4 is 10.6 Å². The van der Waals surface area contributed by atoms with Gasteiger partial charge in [0.15, 0.2) is 0 Å². The molecule has 45 heavy (non-hydrogen) atoms. The molecular weight excluding hydrogens is 598 g/mol. The average Bonchev–Trinajstić information content (AvgIpc) is 3.00. The molecule has 4 aromatic carbocycles. The second-order valence-electron chi connectivity index (χ2n) is 10.4. The molecule has 6 aromatic rings. The largest absolute Gasteiger partial charge is 0.416 e. The van der Waals surface area contributed by atoms with E-state index in [0.717, 1.165) is 24.3 Å². The molecule has 2 heterocycles. The number of pyridine rings is 2. The van der Waals surface area contributed by atoms with Crippen LogP contribution in [0.5, 0.6) is 0 Å². The van der Waals surface area contributed by atoms with Gasteiger partial charge in [-0.2, -0.15) is 26.3 Å². The zero-order chi connectivity index (χ0) is 32.1. The Morgan fingerprint density at radius 2 is 1.04 bits per heavy atom. The van der Waals surface area contributed by atoms with Gasteiger partial charge >= 0.3 is 12.4 Å². The molecule has 2 amide bonds. The van der Waals surface area contributed by atoms with Crippen LogP contribution >= 0.6 is 0 Å². The molecule has 6 rings (SSSR count). The quantitative estimate of drug-likeness (QED) is 0.116. The SMILES string of the molecule is CCC(NC(=O)c1cccc2cc3ccc(C(F)(F)F)cc3nc12)NC(=O)c1cccc2cc3ccc(C(F)(F)F)cc3nc12. The molecule has 0 atom stereocenters. The van der Waals surface area contributed by atoms with E-state index in [-0.39, 0.29) is 39.6 Å². The van der Waals surface area contributed by atoms with E-state index >= 15 is 0 Å². The van der Waals surface area contributed by atoms with E-state index in [0.29, 0.717) is 21.5 Å². The molecule has 0 aliphatic rings. The zero-order valence-electron chi connectivity index (χ0n) is 23.3. The number of amides is 2. The molecular formula is C33H22F6N4O2. The van der Waals surface area contributed by atoms with Crippen LogP contribution in [0.1, 0.15) is 45.2 Å². The molecule has 2 N–H and O–H groups in total. The van der Waals surface area contributed by atoms with Crippen molar-refractivity contribution in [3.63, 3.8) is 0 Å². The Hall–Kier alpha value is -5.26. The summed E-state index contributed by atoms with van der Waals surface area (Å²) < 4.78 is 79.7. The van der Waals surface area contributed by atoms with Crippen molar-refractivity contribution in [2.24, 2.45) is 0 Å². The van der Waals surface area contributed by atoms with Gasteiger partial charge in [0.25, 0.3) is 11.8 Å². The van der Waals surface area contributed by atoms with Gasteiger partial charge in [0, 0.05) is 21.5 Å². The van der Waals surface area contributed by atoms with E-state index in [1.165, 1.54) is 24.3 Å². The number of benzene rings is 4. The number of nitrogens with one attached hydrogen (secondary N) is 2. The molecule has 0 saturated carbocycles. The van der Waals surface area contributed by atoms with Gasteiger partial charge in [0.05, 0.1) is 44.3 Å². The van der Waals surface area contributed by atoms with Crippen molar-refractivity contribution < 1.29 is 35.9 Å². The Morgan fingerprint density at radius 3 is 1.42 bits per heavy atom. The standard InChI is InChI=1S/C33H22F6N4O2/c1-2-27(42-30(44)23-7-3-5-19-13-17-9-11-21(32(34,35)36)15-25(17)40-28(19)23)43-31(45)24-8-4-6-20-14-18-10-12-22(33(37,38)39)16-26(18)41-29(20)24/h3-16,27H,2H2,1H3,(H,42,44)(H,43,45). The van der Waals surface area contributed by atoms with Crippen molar-refractivity contribution in [1.82, 2.24) is 20.6 Å². The summed E-state index contributed by atoms with van der Waals surface area (Å²) in [6.07, 6.45) is -9.76. The van der Waals surface area contributed by atoms with Gasteiger partial charge in [0.2, 0.25) is 0 Å². The zero-order valence-corrected chi connectivity index (χ0v) is 23.3. The van der Waals surface area contributed by atoms with Crippen LogP contribution in [0.25, 0.3) is 43.6 Å². The molecule has 0 bridgehead atoms. The Kier molecular flexibility index (Phi) is 7.30. The lowest BCUT2D eigenvalue weighted by molar-refractivity contribution is -0.138. The predicted octanol–water partition coefficient (Wildman–Crippen LogP) is 8.02. The molecule has 0 aliphatic carbocycles. The number of para-hydroxylation sites is 2. The number of nitrogens with zero attached hydrogens (tertiary/aromatic N) is 2. The number of carbonyl (C=O) groups is 2. The first-order valence-electron chi connectivity index (χ1n) is 13.7. The highest BCUT2D eigenvalue weighted by atomic mass is 19.4. The minimum atomic E-state index is -4.56. The third kappa shape index (κ3) is 5.83. The smallest absolute Gasteiger partial charge is 0.332 e. The van der Waals surface area contributed by atoms with Crippen LogP contribution in [0.2, 0.25) is 0 Å². The van der Waals surface area contributed by atoms with Crippen molar-refractivity contribution in [2.75, 3.05) is 0 Å². The normalized spacial score (nSPS) is 12.4. The number of alkyl halides is 6. The second-order valence-corrected chi connectivity index (χ2v) is 10.4. The van der Waals surface area contributed by atoms with Crippen LogP contribution in [-0.4, -0.2) is 27.9 Å². The second kappa shape index (κ2) is 11.0. The summed E-state index contributed by atoms with van der Waals surface area (Å²) in [4.78, 5) is 35.5. The minimum Gasteiger partial charge on any atom is -0.332 e. The monoisotopic (exact) mass is 620 g/mol. The lowest BCUT2D eigenvalue weighted by Crippen LogP contribution is -2.47. The van der Waals surface area contributed by atoms with Crippen molar-refractivity contribution in [3.8, 4) is 0 Å². The predicted molar refractivity (Wildman–Crippen MR) is 158 cm³/mol. The highest BCUT2D eigenvalue weighted by Gasteiger charge is 2.31. The van der Waals surface area contributed by atoms with Crippen molar-refractivity contribution in [2.45, 2.75) is 31.9 Å². The number of fused-ring (bicyclic) bond motifs is 4. The summed E-state index contributed by atoms with van der Waals surface area (Å²) in [5.41, 5.74) is -1.04. The van der Waals surface area contributed by atoms with Crippen LogP contribution in [0, 0.1) is 0 Å². The molecule has 12 heteroatoms. The van der Waals surface area contributed by atoms with E-state index in [9.17, 15) is 35.9 Å². The topological polar surface area (TPSA) is 84.0 Å². The van der Waals surface area contributed by atoms with Gasteiger partial charge < -0.3 is 10.6 Å². The van der Waals surface area contributed by atoms with Crippen molar-refractivity contribution in [3.05, 3.63) is 107 Å². The Morgan fingerprint density at radius 1 is 0.622 bits per heavy atom. The van der Waals surface area contributed by atoms with E-state index in [1.54, 1.807) is 43.3 Å². The fourth-order valence-electron chi connectivity index (χ4n) is 5.14. The highest BCUT2D eigenvalue weighted by Crippen LogP contribution is 2.33. The first-order chi connectivity index (χ1) is 21.3. The summed E-state index contributed by atoms with van der Waals surface area (Å²) in [7, 11) is 0. The maximum absolute atomic E-state index is 13.4. The lowest BCUT2D eigenvalue weighted by atomic mass is 10.0. The molecule has 6 nitrogen and oxygen atoms in total. The molecule has 2 aromatic heterocycles. The maximum atomic E-state index is 13.4. The third-order valence-electron chi connectivity index (χ3n) is 7.44. The molecule has 0 aliphatic heterocycles. The highest BCUT2D eigenvalue weighted by molar-refractivity contribution is 6.09. The van der Waals surface area contributed by atoms with E-state index in [2.05, 4.69) is 20.6 Å². The van der Waals surface area contributed by atoms with Gasteiger partial charge in [-0.1, -0.05) is 43.3 Å². The van der Waals surface area contributed by atoms with Gasteiger partial charge in [-0.25, -0.2) is 9.97 Å². The van der Waals surface area contributed by atoms with E-state index in [1.807, 2.05) is 0 Å². The van der Waals surface area contributed by atoms with E-state index in [4.69, 9.17) is 0 Å². The molecule has 0 saturated heterocycles. The van der Waals surface area contributed by atoms with Gasteiger partial charge in [-0.15, -0.1) is 0 Å². The lowest BCUT2D eigenvalue weighted by Gasteiger charge is -2.20. The fraction of sp³-hybridized carbons (Fsp3) is 0.152. The number of aromatic nitrogens is 2. The van der Waals surface area contributed by atoms with Gasteiger partial charge in [-0.3, -0.25) is 9.59 Å². The molecule has 0 fully saturated rings. The molecule has 0 unspecified atom stereocenters. The third-order valence-corrected chi connectivity index (χ3v) is 7.44. The fourth-order valence-corrected chi connectivity index (χ4v) is 5.14.